The third kappa shape index (κ3) is 3.73. The van der Waals surface area contributed by atoms with Crippen molar-refractivity contribution in [1.82, 2.24) is 9.78 Å². The summed E-state index contributed by atoms with van der Waals surface area (Å²) in [6, 6.07) is 1.93. The summed E-state index contributed by atoms with van der Waals surface area (Å²) in [5.74, 6) is -0.256. The summed E-state index contributed by atoms with van der Waals surface area (Å²) < 4.78 is 6.86. The molecule has 0 spiro atoms. The highest BCUT2D eigenvalue weighted by Crippen LogP contribution is 2.08. The van der Waals surface area contributed by atoms with E-state index in [1.807, 2.05) is 40.7 Å². The lowest BCUT2D eigenvalue weighted by Crippen LogP contribution is -2.27. The number of carbonyl (C=O) groups excluding carboxylic acids is 1. The predicted octanol–water partition coefficient (Wildman–Crippen LogP) is 1.84. The summed E-state index contributed by atoms with van der Waals surface area (Å²) in [5, 5.41) is 4.20. The van der Waals surface area contributed by atoms with Crippen molar-refractivity contribution in [1.29, 1.82) is 0 Å². The third-order valence-electron chi connectivity index (χ3n) is 1.80. The minimum atomic E-state index is -0.437. The fourth-order valence-corrected chi connectivity index (χ4v) is 1.33. The Bertz CT molecular complexity index is 361. The van der Waals surface area contributed by atoms with Crippen molar-refractivity contribution >= 4 is 5.97 Å². The van der Waals surface area contributed by atoms with Crippen LogP contribution in [0.2, 0.25) is 0 Å². The first-order valence-electron chi connectivity index (χ1n) is 5.01. The van der Waals surface area contributed by atoms with Gasteiger partial charge in [-0.3, -0.25) is 9.48 Å². The first-order chi connectivity index (χ1) is 6.78. The van der Waals surface area contributed by atoms with Crippen LogP contribution >= 0.6 is 0 Å². The van der Waals surface area contributed by atoms with Gasteiger partial charge in [0.25, 0.3) is 0 Å². The van der Waals surface area contributed by atoms with Gasteiger partial charge in [0.05, 0.1) is 5.69 Å². The van der Waals surface area contributed by atoms with Crippen LogP contribution in [-0.4, -0.2) is 21.4 Å². The zero-order chi connectivity index (χ0) is 11.6. The summed E-state index contributed by atoms with van der Waals surface area (Å²) in [6.07, 6.45) is 0. The van der Waals surface area contributed by atoms with E-state index >= 15 is 0 Å². The summed E-state index contributed by atoms with van der Waals surface area (Å²) in [5.41, 5.74) is 1.45. The Morgan fingerprint density at radius 3 is 2.47 bits per heavy atom. The second-order valence-electron chi connectivity index (χ2n) is 4.67. The lowest BCUT2D eigenvalue weighted by molar-refractivity contribution is -0.155. The number of esters is 1. The molecule has 0 aliphatic heterocycles. The number of rotatable bonds is 2. The molecule has 0 aliphatic rings. The molecule has 0 bridgehead atoms. The van der Waals surface area contributed by atoms with Gasteiger partial charge < -0.3 is 4.74 Å². The molecule has 0 atom stereocenters. The standard InChI is InChI=1S/C11H18N2O2/c1-8-6-9(2)13(12-8)7-10(14)15-11(3,4)5/h6H,7H2,1-5H3. The molecule has 0 amide bonds. The van der Waals surface area contributed by atoms with Crippen molar-refractivity contribution in [3.8, 4) is 0 Å². The molecular formula is C11H18N2O2. The Kier molecular flexibility index (Phi) is 3.17. The molecule has 4 nitrogen and oxygen atoms in total. The van der Waals surface area contributed by atoms with Crippen molar-refractivity contribution in [2.75, 3.05) is 0 Å². The molecule has 84 valence electrons. The average molecular weight is 210 g/mol. The van der Waals surface area contributed by atoms with Gasteiger partial charge in [0.15, 0.2) is 0 Å². The van der Waals surface area contributed by atoms with Crippen molar-refractivity contribution in [2.45, 2.75) is 46.8 Å². The smallest absolute Gasteiger partial charge is 0.328 e. The molecule has 0 fully saturated rings. The molecule has 0 unspecified atom stereocenters. The molecule has 0 N–H and O–H groups in total. The van der Waals surface area contributed by atoms with Gasteiger partial charge in [0.1, 0.15) is 12.1 Å². The van der Waals surface area contributed by atoms with Crippen molar-refractivity contribution in [2.24, 2.45) is 0 Å². The highest BCUT2D eigenvalue weighted by atomic mass is 16.6. The quantitative estimate of drug-likeness (QED) is 0.700. The molecule has 0 saturated heterocycles. The van der Waals surface area contributed by atoms with Gasteiger partial charge in [-0.2, -0.15) is 5.10 Å². The fourth-order valence-electron chi connectivity index (χ4n) is 1.33. The Hall–Kier alpha value is -1.32. The van der Waals surface area contributed by atoms with E-state index in [-0.39, 0.29) is 12.5 Å². The van der Waals surface area contributed by atoms with E-state index in [1.165, 1.54) is 0 Å². The Morgan fingerprint density at radius 2 is 2.07 bits per heavy atom. The largest absolute Gasteiger partial charge is 0.459 e. The van der Waals surface area contributed by atoms with Crippen LogP contribution in [0.15, 0.2) is 6.07 Å². The number of hydrogen-bond acceptors (Lipinski definition) is 3. The fraction of sp³-hybridized carbons (Fsp3) is 0.636. The zero-order valence-corrected chi connectivity index (χ0v) is 10.00. The van der Waals surface area contributed by atoms with Gasteiger partial charge >= 0.3 is 5.97 Å². The number of carbonyl (C=O) groups is 1. The van der Waals surface area contributed by atoms with Crippen molar-refractivity contribution in [3.63, 3.8) is 0 Å². The molecule has 1 heterocycles. The highest BCUT2D eigenvalue weighted by molar-refractivity contribution is 5.69. The molecule has 0 aliphatic carbocycles. The van der Waals surface area contributed by atoms with E-state index in [2.05, 4.69) is 5.10 Å². The molecule has 1 rings (SSSR count). The molecular weight excluding hydrogens is 192 g/mol. The van der Waals surface area contributed by atoms with Crippen LogP contribution < -0.4 is 0 Å². The summed E-state index contributed by atoms with van der Waals surface area (Å²) in [4.78, 5) is 11.5. The Labute approximate surface area is 90.2 Å². The molecule has 15 heavy (non-hydrogen) atoms. The zero-order valence-electron chi connectivity index (χ0n) is 10.00. The predicted molar refractivity (Wildman–Crippen MR) is 57.5 cm³/mol. The van der Waals surface area contributed by atoms with Crippen LogP contribution in [-0.2, 0) is 16.1 Å². The summed E-state index contributed by atoms with van der Waals surface area (Å²) in [7, 11) is 0. The summed E-state index contributed by atoms with van der Waals surface area (Å²) in [6.45, 7) is 9.56. The first kappa shape index (κ1) is 11.8. The van der Waals surface area contributed by atoms with Gasteiger partial charge in [-0.25, -0.2) is 0 Å². The van der Waals surface area contributed by atoms with E-state index in [4.69, 9.17) is 4.74 Å². The molecule has 1 aromatic heterocycles. The second-order valence-corrected chi connectivity index (χ2v) is 4.67. The molecule has 0 aromatic carbocycles. The monoisotopic (exact) mass is 210 g/mol. The van der Waals surface area contributed by atoms with Crippen LogP contribution in [0.4, 0.5) is 0 Å². The minimum Gasteiger partial charge on any atom is -0.459 e. The van der Waals surface area contributed by atoms with Gasteiger partial charge in [-0.1, -0.05) is 0 Å². The second kappa shape index (κ2) is 4.04. The van der Waals surface area contributed by atoms with E-state index in [1.54, 1.807) is 4.68 Å². The lowest BCUT2D eigenvalue weighted by Gasteiger charge is -2.19. The maximum absolute atomic E-state index is 11.5. The summed E-state index contributed by atoms with van der Waals surface area (Å²) >= 11 is 0. The molecule has 4 heteroatoms. The third-order valence-corrected chi connectivity index (χ3v) is 1.80. The Balaban J connectivity index is 2.63. The SMILES string of the molecule is Cc1cc(C)n(CC(=O)OC(C)(C)C)n1. The van der Waals surface area contributed by atoms with Crippen LogP contribution in [0.5, 0.6) is 0 Å². The van der Waals surface area contributed by atoms with Crippen LogP contribution in [0.1, 0.15) is 32.2 Å². The lowest BCUT2D eigenvalue weighted by atomic mass is 10.2. The Morgan fingerprint density at radius 1 is 1.47 bits per heavy atom. The van der Waals surface area contributed by atoms with E-state index in [9.17, 15) is 4.79 Å². The van der Waals surface area contributed by atoms with E-state index in [0.717, 1.165) is 11.4 Å². The number of aryl methyl sites for hydroxylation is 2. The van der Waals surface area contributed by atoms with Gasteiger partial charge in [0.2, 0.25) is 0 Å². The number of ether oxygens (including phenoxy) is 1. The number of hydrogen-bond donors (Lipinski definition) is 0. The van der Waals surface area contributed by atoms with E-state index in [0.29, 0.717) is 0 Å². The maximum Gasteiger partial charge on any atom is 0.328 e. The normalized spacial score (nSPS) is 11.5. The van der Waals surface area contributed by atoms with Crippen LogP contribution in [0, 0.1) is 13.8 Å². The van der Waals surface area contributed by atoms with Crippen molar-refractivity contribution in [3.05, 3.63) is 17.5 Å². The number of aromatic nitrogens is 2. The van der Waals surface area contributed by atoms with E-state index < -0.39 is 5.60 Å². The van der Waals surface area contributed by atoms with Crippen LogP contribution in [0.25, 0.3) is 0 Å². The first-order valence-corrected chi connectivity index (χ1v) is 5.01. The maximum atomic E-state index is 11.5. The van der Waals surface area contributed by atoms with Crippen molar-refractivity contribution < 1.29 is 9.53 Å². The minimum absolute atomic E-state index is 0.178. The van der Waals surface area contributed by atoms with Crippen LogP contribution in [0.3, 0.4) is 0 Å². The average Bonchev–Trinajstić information content (AvgIpc) is 2.25. The molecule has 0 saturated carbocycles. The van der Waals surface area contributed by atoms with Gasteiger partial charge in [-0.05, 0) is 40.7 Å². The molecule has 0 radical (unpaired) electrons. The number of nitrogens with zero attached hydrogens (tertiary/aromatic N) is 2. The molecule has 1 aromatic rings. The highest BCUT2D eigenvalue weighted by Gasteiger charge is 2.17. The van der Waals surface area contributed by atoms with Gasteiger partial charge in [-0.15, -0.1) is 0 Å². The van der Waals surface area contributed by atoms with Gasteiger partial charge in [0, 0.05) is 5.69 Å². The topological polar surface area (TPSA) is 44.1 Å².